The first kappa shape index (κ1) is 18.1. The third kappa shape index (κ3) is 3.84. The maximum Gasteiger partial charge on any atom is 0.226 e. The number of halogens is 1. The molecule has 0 saturated heterocycles. The summed E-state index contributed by atoms with van der Waals surface area (Å²) in [5.74, 6) is 0.215. The topological polar surface area (TPSA) is 60.0 Å². The van der Waals surface area contributed by atoms with Gasteiger partial charge in [0.15, 0.2) is 0 Å². The summed E-state index contributed by atoms with van der Waals surface area (Å²) in [5.41, 5.74) is 3.74. The molecule has 2 aromatic heterocycles. The third-order valence-corrected chi connectivity index (χ3v) is 4.77. The second-order valence-corrected chi connectivity index (χ2v) is 6.67. The average molecular weight is 377 g/mol. The molecule has 4 rings (SSSR count). The predicted octanol–water partition coefficient (Wildman–Crippen LogP) is 4.25. The van der Waals surface area contributed by atoms with Gasteiger partial charge in [0.05, 0.1) is 11.4 Å². The first-order chi connectivity index (χ1) is 13.6. The number of benzene rings is 2. The van der Waals surface area contributed by atoms with E-state index in [0.717, 1.165) is 16.9 Å². The summed E-state index contributed by atoms with van der Waals surface area (Å²) in [6.45, 7) is 2.78. The van der Waals surface area contributed by atoms with Gasteiger partial charge in [-0.2, -0.15) is 5.10 Å². The van der Waals surface area contributed by atoms with Crippen molar-refractivity contribution in [3.8, 4) is 17.1 Å². The van der Waals surface area contributed by atoms with E-state index in [1.807, 2.05) is 19.2 Å². The van der Waals surface area contributed by atoms with E-state index in [-0.39, 0.29) is 11.9 Å². The predicted molar refractivity (Wildman–Crippen MR) is 103 cm³/mol. The molecule has 6 nitrogen and oxygen atoms in total. The maximum atomic E-state index is 13.1. The zero-order valence-corrected chi connectivity index (χ0v) is 15.7. The molecular formula is C21H20FN5O. The van der Waals surface area contributed by atoms with Gasteiger partial charge in [0.25, 0.3) is 0 Å². The van der Waals surface area contributed by atoms with Crippen LogP contribution >= 0.6 is 0 Å². The summed E-state index contributed by atoms with van der Waals surface area (Å²) in [4.78, 5) is 10.7. The zero-order chi connectivity index (χ0) is 19.5. The van der Waals surface area contributed by atoms with E-state index in [1.54, 1.807) is 29.4 Å². The normalized spacial score (nSPS) is 12.4. The van der Waals surface area contributed by atoms with Crippen molar-refractivity contribution in [2.75, 3.05) is 7.05 Å². The SMILES string of the molecule is CC(c1ccc(-n2cncn2)cc1)N(C)Cc1coc(-c2ccc(F)cc2)n1. The molecule has 0 radical (unpaired) electrons. The highest BCUT2D eigenvalue weighted by molar-refractivity contribution is 5.52. The van der Waals surface area contributed by atoms with Gasteiger partial charge in [-0.15, -0.1) is 0 Å². The Morgan fingerprint density at radius 3 is 2.54 bits per heavy atom. The van der Waals surface area contributed by atoms with E-state index in [2.05, 4.69) is 39.0 Å². The molecule has 0 aliphatic heterocycles. The number of hydrogen-bond donors (Lipinski definition) is 0. The van der Waals surface area contributed by atoms with Crippen molar-refractivity contribution >= 4 is 0 Å². The molecule has 0 saturated carbocycles. The molecule has 4 aromatic rings. The number of aromatic nitrogens is 4. The van der Waals surface area contributed by atoms with Gasteiger partial charge >= 0.3 is 0 Å². The highest BCUT2D eigenvalue weighted by atomic mass is 19.1. The Morgan fingerprint density at radius 1 is 1.11 bits per heavy atom. The molecule has 0 aliphatic carbocycles. The quantitative estimate of drug-likeness (QED) is 0.503. The van der Waals surface area contributed by atoms with E-state index < -0.39 is 0 Å². The Hall–Kier alpha value is -3.32. The van der Waals surface area contributed by atoms with Gasteiger partial charge in [-0.1, -0.05) is 12.1 Å². The van der Waals surface area contributed by atoms with Crippen LogP contribution in [0.2, 0.25) is 0 Å². The average Bonchev–Trinajstić information content (AvgIpc) is 3.40. The van der Waals surface area contributed by atoms with Gasteiger partial charge in [-0.25, -0.2) is 19.0 Å². The van der Waals surface area contributed by atoms with Gasteiger partial charge < -0.3 is 4.42 Å². The second-order valence-electron chi connectivity index (χ2n) is 6.67. The molecule has 2 aromatic carbocycles. The van der Waals surface area contributed by atoms with Gasteiger partial charge in [0.2, 0.25) is 5.89 Å². The molecule has 7 heteroatoms. The van der Waals surface area contributed by atoms with E-state index in [9.17, 15) is 4.39 Å². The lowest BCUT2D eigenvalue weighted by Crippen LogP contribution is -2.22. The van der Waals surface area contributed by atoms with Crippen molar-refractivity contribution in [3.05, 3.63) is 84.5 Å². The molecular weight excluding hydrogens is 357 g/mol. The van der Waals surface area contributed by atoms with Crippen molar-refractivity contribution < 1.29 is 8.81 Å². The van der Waals surface area contributed by atoms with Crippen molar-refractivity contribution in [2.24, 2.45) is 0 Å². The van der Waals surface area contributed by atoms with Crippen LogP contribution in [-0.4, -0.2) is 31.7 Å². The van der Waals surface area contributed by atoms with E-state index in [0.29, 0.717) is 12.4 Å². The zero-order valence-electron chi connectivity index (χ0n) is 15.7. The standard InChI is InChI=1S/C21H20FN5O/c1-15(16-5-9-20(10-6-16)27-14-23-13-24-27)26(2)11-19-12-28-21(25-19)17-3-7-18(22)8-4-17/h3-10,12-15H,11H2,1-2H3. The monoisotopic (exact) mass is 377 g/mol. The molecule has 0 N–H and O–H groups in total. The van der Waals surface area contributed by atoms with E-state index in [4.69, 9.17) is 4.42 Å². The van der Waals surface area contributed by atoms with Crippen molar-refractivity contribution in [1.82, 2.24) is 24.6 Å². The lowest BCUT2D eigenvalue weighted by atomic mass is 10.1. The number of rotatable bonds is 6. The molecule has 1 atom stereocenters. The number of hydrogen-bond acceptors (Lipinski definition) is 5. The lowest BCUT2D eigenvalue weighted by molar-refractivity contribution is 0.250. The van der Waals surface area contributed by atoms with E-state index >= 15 is 0 Å². The fourth-order valence-electron chi connectivity index (χ4n) is 3.00. The van der Waals surface area contributed by atoms with Crippen molar-refractivity contribution in [1.29, 1.82) is 0 Å². The Balaban J connectivity index is 1.43. The molecule has 0 bridgehead atoms. The minimum absolute atomic E-state index is 0.191. The van der Waals surface area contributed by atoms with Crippen molar-refractivity contribution in [3.63, 3.8) is 0 Å². The third-order valence-electron chi connectivity index (χ3n) is 4.77. The molecule has 1 unspecified atom stereocenters. The lowest BCUT2D eigenvalue weighted by Gasteiger charge is -2.24. The van der Waals surface area contributed by atoms with Gasteiger partial charge in [-0.3, -0.25) is 4.90 Å². The highest BCUT2D eigenvalue weighted by Gasteiger charge is 2.15. The summed E-state index contributed by atoms with van der Waals surface area (Å²) in [6, 6.07) is 14.5. The van der Waals surface area contributed by atoms with Crippen LogP contribution in [0.4, 0.5) is 4.39 Å². The Labute approximate surface area is 162 Å². The van der Waals surface area contributed by atoms with Crippen LogP contribution < -0.4 is 0 Å². The Morgan fingerprint density at radius 2 is 1.86 bits per heavy atom. The minimum atomic E-state index is -0.279. The summed E-state index contributed by atoms with van der Waals surface area (Å²) < 4.78 is 20.4. The van der Waals surface area contributed by atoms with Gasteiger partial charge in [-0.05, 0) is 55.9 Å². The minimum Gasteiger partial charge on any atom is -0.444 e. The largest absolute Gasteiger partial charge is 0.444 e. The van der Waals surface area contributed by atoms with Crippen LogP contribution in [0.25, 0.3) is 17.1 Å². The Kier molecular flexibility index (Phi) is 4.99. The smallest absolute Gasteiger partial charge is 0.226 e. The summed E-state index contributed by atoms with van der Waals surface area (Å²) in [5, 5.41) is 4.14. The fourth-order valence-corrected chi connectivity index (χ4v) is 3.00. The summed E-state index contributed by atoms with van der Waals surface area (Å²) >= 11 is 0. The fraction of sp³-hybridized carbons (Fsp3) is 0.190. The highest BCUT2D eigenvalue weighted by Crippen LogP contribution is 2.24. The van der Waals surface area contributed by atoms with Crippen LogP contribution in [0.5, 0.6) is 0 Å². The van der Waals surface area contributed by atoms with Crippen LogP contribution in [0.15, 0.2) is 71.9 Å². The van der Waals surface area contributed by atoms with Gasteiger partial charge in [0, 0.05) is 18.2 Å². The summed E-state index contributed by atoms with van der Waals surface area (Å²) in [6.07, 6.45) is 4.84. The summed E-state index contributed by atoms with van der Waals surface area (Å²) in [7, 11) is 2.04. The van der Waals surface area contributed by atoms with Gasteiger partial charge in [0.1, 0.15) is 24.7 Å². The molecule has 0 spiro atoms. The maximum absolute atomic E-state index is 13.1. The molecule has 0 fully saturated rings. The van der Waals surface area contributed by atoms with Crippen LogP contribution in [-0.2, 0) is 6.54 Å². The number of nitrogens with zero attached hydrogens (tertiary/aromatic N) is 5. The number of oxazole rings is 1. The van der Waals surface area contributed by atoms with Crippen LogP contribution in [0.3, 0.4) is 0 Å². The van der Waals surface area contributed by atoms with Crippen molar-refractivity contribution in [2.45, 2.75) is 19.5 Å². The molecule has 2 heterocycles. The molecule has 142 valence electrons. The van der Waals surface area contributed by atoms with Crippen LogP contribution in [0, 0.1) is 5.82 Å². The first-order valence-electron chi connectivity index (χ1n) is 8.96. The first-order valence-corrected chi connectivity index (χ1v) is 8.96. The Bertz CT molecular complexity index is 1030. The van der Waals surface area contributed by atoms with Crippen LogP contribution in [0.1, 0.15) is 24.2 Å². The molecule has 28 heavy (non-hydrogen) atoms. The van der Waals surface area contributed by atoms with E-state index in [1.165, 1.54) is 24.0 Å². The molecule has 0 aliphatic rings. The second kappa shape index (κ2) is 7.74. The molecule has 0 amide bonds.